The molecule has 0 heterocycles. The second-order valence-electron chi connectivity index (χ2n) is 4.70. The molecule has 0 aliphatic rings. The van der Waals surface area contributed by atoms with Gasteiger partial charge < -0.3 is 15.4 Å². The molecular weight excluding hydrogens is 348 g/mol. The third-order valence-electron chi connectivity index (χ3n) is 3.01. The smallest absolute Gasteiger partial charge is 0.331 e. The zero-order valence-electron chi connectivity index (χ0n) is 12.0. The fraction of sp³-hybridized carbons (Fsp3) is 0.125. The molecule has 0 saturated carbocycles. The molecule has 5 nitrogen and oxygen atoms in total. The molecule has 2 amide bonds. The summed E-state index contributed by atoms with van der Waals surface area (Å²) in [5.74, 6) is -0.124. The summed E-state index contributed by atoms with van der Waals surface area (Å²) >= 11 is 3.39. The number of primary amides is 1. The van der Waals surface area contributed by atoms with E-state index in [-0.39, 0.29) is 6.54 Å². The fourth-order valence-corrected chi connectivity index (χ4v) is 2.06. The van der Waals surface area contributed by atoms with Crippen LogP contribution in [-0.2, 0) is 4.79 Å². The second-order valence-corrected chi connectivity index (χ2v) is 5.62. The first-order valence-corrected chi connectivity index (χ1v) is 7.32. The summed E-state index contributed by atoms with van der Waals surface area (Å²) in [6.45, 7) is -0.191. The maximum absolute atomic E-state index is 11.6. The molecule has 0 bridgehead atoms. The Kier molecular flexibility index (Phi) is 5.16. The van der Waals surface area contributed by atoms with Gasteiger partial charge in [-0.3, -0.25) is 0 Å². The third-order valence-corrected chi connectivity index (χ3v) is 3.53. The number of rotatable bonds is 4. The zero-order chi connectivity index (χ0) is 16.1. The highest BCUT2D eigenvalue weighted by Gasteiger charge is 2.11. The lowest BCUT2D eigenvalue weighted by Crippen LogP contribution is -2.37. The van der Waals surface area contributed by atoms with Gasteiger partial charge in [0.1, 0.15) is 12.3 Å². The van der Waals surface area contributed by atoms with Crippen molar-refractivity contribution in [1.29, 1.82) is 0 Å². The topological polar surface area (TPSA) is 72.6 Å². The van der Waals surface area contributed by atoms with Crippen LogP contribution in [0.4, 0.5) is 4.79 Å². The van der Waals surface area contributed by atoms with E-state index in [1.807, 2.05) is 36.4 Å². The van der Waals surface area contributed by atoms with Gasteiger partial charge in [-0.05, 0) is 35.4 Å². The van der Waals surface area contributed by atoms with Gasteiger partial charge in [-0.2, -0.15) is 0 Å². The molecule has 0 spiro atoms. The van der Waals surface area contributed by atoms with E-state index in [1.165, 1.54) is 7.05 Å². The van der Waals surface area contributed by atoms with Crippen LogP contribution < -0.4 is 10.5 Å². The first-order chi connectivity index (χ1) is 10.5. The van der Waals surface area contributed by atoms with Crippen LogP contribution in [0.1, 0.15) is 0 Å². The minimum atomic E-state index is -0.678. The van der Waals surface area contributed by atoms with E-state index in [4.69, 9.17) is 10.5 Å². The molecule has 0 fully saturated rings. The molecule has 114 valence electrons. The molecule has 0 unspecified atom stereocenters. The van der Waals surface area contributed by atoms with Crippen molar-refractivity contribution in [3.05, 3.63) is 53.0 Å². The summed E-state index contributed by atoms with van der Waals surface area (Å²) in [6.07, 6.45) is 0. The van der Waals surface area contributed by atoms with Gasteiger partial charge in [0.05, 0.1) is 0 Å². The molecule has 0 radical (unpaired) electrons. The number of ether oxygens (including phenoxy) is 1. The van der Waals surface area contributed by atoms with Crippen LogP contribution in [-0.4, -0.2) is 30.5 Å². The van der Waals surface area contributed by atoms with Crippen molar-refractivity contribution in [2.75, 3.05) is 13.6 Å². The second kappa shape index (κ2) is 7.09. The van der Waals surface area contributed by atoms with Crippen molar-refractivity contribution >= 4 is 27.9 Å². The number of halogens is 1. The maximum atomic E-state index is 11.6. The van der Waals surface area contributed by atoms with Crippen LogP contribution in [0.5, 0.6) is 5.75 Å². The Bertz CT molecular complexity index is 669. The van der Waals surface area contributed by atoms with E-state index in [2.05, 4.69) is 15.9 Å². The number of likely N-dealkylation sites (N-methyl/N-ethyl adjacent to an activating group) is 1. The van der Waals surface area contributed by atoms with Crippen molar-refractivity contribution in [3.8, 4) is 16.9 Å². The molecule has 0 saturated heterocycles. The first-order valence-electron chi connectivity index (χ1n) is 6.53. The Morgan fingerprint density at radius 2 is 1.55 bits per heavy atom. The van der Waals surface area contributed by atoms with E-state index in [1.54, 1.807) is 12.1 Å². The highest BCUT2D eigenvalue weighted by Crippen LogP contribution is 2.24. The van der Waals surface area contributed by atoms with Crippen LogP contribution in [0.25, 0.3) is 11.1 Å². The average molecular weight is 363 g/mol. The number of carbonyl (C=O) groups is 2. The molecule has 2 aromatic rings. The van der Waals surface area contributed by atoms with Gasteiger partial charge in [0.25, 0.3) is 0 Å². The van der Waals surface area contributed by atoms with Crippen LogP contribution in [0.15, 0.2) is 53.0 Å². The van der Waals surface area contributed by atoms with Gasteiger partial charge >= 0.3 is 12.0 Å². The predicted molar refractivity (Wildman–Crippen MR) is 87.4 cm³/mol. The van der Waals surface area contributed by atoms with Crippen LogP contribution in [0.2, 0.25) is 0 Å². The first kappa shape index (κ1) is 16.0. The number of carbonyl (C=O) groups excluding carboxylic acids is 2. The van der Waals surface area contributed by atoms with Crippen LogP contribution in [0.3, 0.4) is 0 Å². The zero-order valence-corrected chi connectivity index (χ0v) is 13.5. The van der Waals surface area contributed by atoms with Gasteiger partial charge in [-0.25, -0.2) is 9.59 Å². The number of nitrogens with zero attached hydrogens (tertiary/aromatic N) is 1. The lowest BCUT2D eigenvalue weighted by atomic mass is 10.1. The Balaban J connectivity index is 2.01. The predicted octanol–water partition coefficient (Wildman–Crippen LogP) is 3.03. The maximum Gasteiger partial charge on any atom is 0.331 e. The summed E-state index contributed by atoms with van der Waals surface area (Å²) in [4.78, 5) is 23.6. The SMILES string of the molecule is CN(CC(=O)Oc1ccc(-c2ccc(Br)cc2)cc1)C(N)=O. The molecule has 0 aliphatic carbocycles. The number of esters is 1. The quantitative estimate of drug-likeness (QED) is 0.670. The highest BCUT2D eigenvalue weighted by atomic mass is 79.9. The Morgan fingerprint density at radius 1 is 1.05 bits per heavy atom. The summed E-state index contributed by atoms with van der Waals surface area (Å²) in [6, 6.07) is 14.4. The number of hydrogen-bond donors (Lipinski definition) is 1. The Labute approximate surface area is 136 Å². The van der Waals surface area contributed by atoms with Gasteiger partial charge in [-0.1, -0.05) is 40.2 Å². The largest absolute Gasteiger partial charge is 0.425 e. The molecular formula is C16H15BrN2O3. The molecule has 0 aromatic heterocycles. The number of nitrogens with two attached hydrogens (primary N) is 1. The van der Waals surface area contributed by atoms with E-state index in [9.17, 15) is 9.59 Å². The van der Waals surface area contributed by atoms with Crippen molar-refractivity contribution in [2.24, 2.45) is 5.73 Å². The van der Waals surface area contributed by atoms with Crippen molar-refractivity contribution in [1.82, 2.24) is 4.90 Å². The van der Waals surface area contributed by atoms with Gasteiger partial charge in [0.15, 0.2) is 0 Å². The van der Waals surface area contributed by atoms with Crippen LogP contribution in [0, 0.1) is 0 Å². The number of amides is 2. The van der Waals surface area contributed by atoms with Gasteiger partial charge in [-0.15, -0.1) is 0 Å². The molecule has 2 rings (SSSR count). The molecule has 2 aromatic carbocycles. The number of benzene rings is 2. The molecule has 0 aliphatic heterocycles. The number of urea groups is 1. The van der Waals surface area contributed by atoms with Crippen molar-refractivity contribution in [3.63, 3.8) is 0 Å². The standard InChI is InChI=1S/C16H15BrN2O3/c1-19(16(18)21)10-15(20)22-14-8-4-12(5-9-14)11-2-6-13(17)7-3-11/h2-9H,10H2,1H3,(H2,18,21). The molecule has 6 heteroatoms. The number of hydrogen-bond acceptors (Lipinski definition) is 3. The van der Waals surface area contributed by atoms with E-state index in [0.717, 1.165) is 20.5 Å². The van der Waals surface area contributed by atoms with Gasteiger partial charge in [0.2, 0.25) is 0 Å². The summed E-state index contributed by atoms with van der Waals surface area (Å²) in [5, 5.41) is 0. The summed E-state index contributed by atoms with van der Waals surface area (Å²) < 4.78 is 6.16. The Morgan fingerprint density at radius 3 is 2.05 bits per heavy atom. The van der Waals surface area contributed by atoms with E-state index < -0.39 is 12.0 Å². The Hall–Kier alpha value is -2.34. The van der Waals surface area contributed by atoms with Crippen molar-refractivity contribution in [2.45, 2.75) is 0 Å². The summed E-state index contributed by atoms with van der Waals surface area (Å²) in [5.41, 5.74) is 7.13. The van der Waals surface area contributed by atoms with Gasteiger partial charge in [0, 0.05) is 11.5 Å². The van der Waals surface area contributed by atoms with E-state index >= 15 is 0 Å². The van der Waals surface area contributed by atoms with Crippen molar-refractivity contribution < 1.29 is 14.3 Å². The highest BCUT2D eigenvalue weighted by molar-refractivity contribution is 9.10. The fourth-order valence-electron chi connectivity index (χ4n) is 1.79. The van der Waals surface area contributed by atoms with E-state index in [0.29, 0.717) is 5.75 Å². The normalized spacial score (nSPS) is 10.1. The monoisotopic (exact) mass is 362 g/mol. The molecule has 22 heavy (non-hydrogen) atoms. The average Bonchev–Trinajstić information content (AvgIpc) is 2.48. The summed E-state index contributed by atoms with van der Waals surface area (Å²) in [7, 11) is 1.43. The molecule has 2 N–H and O–H groups in total. The molecule has 0 atom stereocenters. The third kappa shape index (κ3) is 4.33. The van der Waals surface area contributed by atoms with Crippen LogP contribution >= 0.6 is 15.9 Å². The minimum Gasteiger partial charge on any atom is -0.425 e. The lowest BCUT2D eigenvalue weighted by molar-refractivity contribution is -0.134. The minimum absolute atomic E-state index is 0.191. The lowest BCUT2D eigenvalue weighted by Gasteiger charge is -2.13.